The van der Waals surface area contributed by atoms with Gasteiger partial charge in [-0.05, 0) is 42.0 Å². The first-order valence-electron chi connectivity index (χ1n) is 11.9. The van der Waals surface area contributed by atoms with Gasteiger partial charge in [-0.3, -0.25) is 19.0 Å². The minimum atomic E-state index is -0.585. The van der Waals surface area contributed by atoms with Crippen molar-refractivity contribution in [3.63, 3.8) is 0 Å². The van der Waals surface area contributed by atoms with Crippen molar-refractivity contribution in [2.75, 3.05) is 38.0 Å². The first-order valence-corrected chi connectivity index (χ1v) is 12.3. The van der Waals surface area contributed by atoms with Crippen LogP contribution in [-0.4, -0.2) is 49.2 Å². The van der Waals surface area contributed by atoms with E-state index in [2.05, 4.69) is 15.0 Å². The molecule has 0 saturated carbocycles. The first kappa shape index (κ1) is 27.6. The lowest BCUT2D eigenvalue weighted by atomic mass is 10.2. The number of carbonyl (C=O) groups excluding carboxylic acids is 2. The van der Waals surface area contributed by atoms with Gasteiger partial charge in [0.05, 0.1) is 36.6 Å². The van der Waals surface area contributed by atoms with Crippen LogP contribution in [-0.2, 0) is 32.2 Å². The number of anilines is 2. The van der Waals surface area contributed by atoms with Gasteiger partial charge in [0, 0.05) is 30.9 Å². The lowest BCUT2D eigenvalue weighted by Crippen LogP contribution is -2.25. The summed E-state index contributed by atoms with van der Waals surface area (Å²) in [5.74, 6) is -0.292. The number of halogens is 1. The fraction of sp³-hybridized carbons (Fsp3) is 0.214. The normalized spacial score (nSPS) is 10.8. The fourth-order valence-electron chi connectivity index (χ4n) is 3.66. The Bertz CT molecular complexity index is 1550. The summed E-state index contributed by atoms with van der Waals surface area (Å²) in [6.45, 7) is -0.280. The second-order valence-corrected chi connectivity index (χ2v) is 9.22. The molecule has 0 atom stereocenters. The maximum Gasteiger partial charge on any atom is 0.325 e. The van der Waals surface area contributed by atoms with E-state index in [1.807, 2.05) is 49.3 Å². The molecule has 3 aromatic carbocycles. The Kier molecular flexibility index (Phi) is 8.80. The Morgan fingerprint density at radius 3 is 2.56 bits per heavy atom. The number of ether oxygens (including phenoxy) is 3. The molecule has 4 aromatic rings. The Morgan fingerprint density at radius 2 is 1.85 bits per heavy atom. The zero-order valence-corrected chi connectivity index (χ0v) is 22.4. The Balaban J connectivity index is 1.62. The third kappa shape index (κ3) is 7.13. The van der Waals surface area contributed by atoms with Gasteiger partial charge in [0.1, 0.15) is 18.9 Å². The van der Waals surface area contributed by atoms with E-state index in [0.29, 0.717) is 22.0 Å². The second kappa shape index (κ2) is 12.4. The molecule has 0 saturated heterocycles. The summed E-state index contributed by atoms with van der Waals surface area (Å²) in [4.78, 5) is 43.8. The van der Waals surface area contributed by atoms with Gasteiger partial charge >= 0.3 is 5.97 Å². The van der Waals surface area contributed by atoms with Gasteiger partial charge in [0.2, 0.25) is 5.91 Å². The molecule has 0 aliphatic heterocycles. The molecule has 0 radical (unpaired) electrons. The monoisotopic (exact) mass is 550 g/mol. The predicted molar refractivity (Wildman–Crippen MR) is 149 cm³/mol. The zero-order valence-electron chi connectivity index (χ0n) is 21.6. The molecule has 0 fully saturated rings. The second-order valence-electron chi connectivity index (χ2n) is 8.78. The van der Waals surface area contributed by atoms with Crippen LogP contribution in [0.1, 0.15) is 5.56 Å². The van der Waals surface area contributed by atoms with Crippen molar-refractivity contribution in [3.05, 3.63) is 87.9 Å². The highest BCUT2D eigenvalue weighted by atomic mass is 35.5. The topological polar surface area (TPSA) is 112 Å². The third-order valence-electron chi connectivity index (χ3n) is 5.70. The standard InChI is InChI=1S/C28H27ClN4O6/c1-32(2)20-5-4-6-21(11-20)39-25-12-22-23(30-17-33(28(22)36)14-27(35)37-3)13-24(25)31-26(34)16-38-15-18-7-9-19(29)10-8-18/h4-13,17H,14-16H2,1-3H3,(H,31,34). The fourth-order valence-corrected chi connectivity index (χ4v) is 3.79. The highest BCUT2D eigenvalue weighted by molar-refractivity contribution is 6.30. The molecular formula is C28H27ClN4O6. The Hall–Kier alpha value is -4.41. The van der Waals surface area contributed by atoms with E-state index in [4.69, 9.17) is 21.1 Å². The number of nitrogens with zero attached hydrogens (tertiary/aromatic N) is 3. The number of carbonyl (C=O) groups is 2. The van der Waals surface area contributed by atoms with Crippen LogP contribution in [0.15, 0.2) is 71.8 Å². The van der Waals surface area contributed by atoms with Crippen LogP contribution in [0.2, 0.25) is 5.02 Å². The van der Waals surface area contributed by atoms with Crippen LogP contribution in [0, 0.1) is 0 Å². The average Bonchev–Trinajstić information content (AvgIpc) is 2.92. The van der Waals surface area contributed by atoms with Crippen molar-refractivity contribution < 1.29 is 23.8 Å². The minimum Gasteiger partial charge on any atom is -0.468 e. The number of hydrogen-bond acceptors (Lipinski definition) is 8. The van der Waals surface area contributed by atoms with Gasteiger partial charge in [-0.2, -0.15) is 0 Å². The lowest BCUT2D eigenvalue weighted by molar-refractivity contribution is -0.141. The van der Waals surface area contributed by atoms with Crippen molar-refractivity contribution in [3.8, 4) is 11.5 Å². The van der Waals surface area contributed by atoms with E-state index < -0.39 is 17.4 Å². The SMILES string of the molecule is COC(=O)Cn1cnc2cc(NC(=O)COCc3ccc(Cl)cc3)c(Oc3cccc(N(C)C)c3)cc2c1=O. The number of methoxy groups -OCH3 is 1. The molecule has 1 N–H and O–H groups in total. The van der Waals surface area contributed by atoms with Crippen molar-refractivity contribution in [1.82, 2.24) is 9.55 Å². The third-order valence-corrected chi connectivity index (χ3v) is 5.96. The van der Waals surface area contributed by atoms with Crippen LogP contribution < -0.4 is 20.5 Å². The summed E-state index contributed by atoms with van der Waals surface area (Å²) >= 11 is 5.91. The van der Waals surface area contributed by atoms with Gasteiger partial charge in [-0.15, -0.1) is 0 Å². The molecular weight excluding hydrogens is 524 g/mol. The number of rotatable bonds is 10. The van der Waals surface area contributed by atoms with Crippen molar-refractivity contribution in [2.24, 2.45) is 0 Å². The number of nitrogens with one attached hydrogen (secondary N) is 1. The Morgan fingerprint density at radius 1 is 1.08 bits per heavy atom. The van der Waals surface area contributed by atoms with Crippen LogP contribution in [0.5, 0.6) is 11.5 Å². The highest BCUT2D eigenvalue weighted by Crippen LogP contribution is 2.33. The minimum absolute atomic E-state index is 0.206. The van der Waals surface area contributed by atoms with E-state index in [1.165, 1.54) is 19.5 Å². The molecule has 0 aliphatic carbocycles. The van der Waals surface area contributed by atoms with E-state index in [9.17, 15) is 14.4 Å². The highest BCUT2D eigenvalue weighted by Gasteiger charge is 2.16. The smallest absolute Gasteiger partial charge is 0.325 e. The van der Waals surface area contributed by atoms with Crippen LogP contribution in [0.4, 0.5) is 11.4 Å². The van der Waals surface area contributed by atoms with E-state index in [1.54, 1.807) is 24.3 Å². The molecule has 39 heavy (non-hydrogen) atoms. The number of aromatic nitrogens is 2. The quantitative estimate of drug-likeness (QED) is 0.292. The number of fused-ring (bicyclic) bond motifs is 1. The molecule has 0 unspecified atom stereocenters. The van der Waals surface area contributed by atoms with Crippen molar-refractivity contribution >= 4 is 45.8 Å². The molecule has 0 bridgehead atoms. The van der Waals surface area contributed by atoms with Gasteiger partial charge in [-0.25, -0.2) is 4.98 Å². The molecule has 0 spiro atoms. The lowest BCUT2D eigenvalue weighted by Gasteiger charge is -2.16. The summed E-state index contributed by atoms with van der Waals surface area (Å²) in [6, 6.07) is 17.5. The molecule has 10 nitrogen and oxygen atoms in total. The first-order chi connectivity index (χ1) is 18.7. The number of hydrogen-bond donors (Lipinski definition) is 1. The zero-order chi connectivity index (χ0) is 27.9. The molecule has 1 amide bonds. The molecule has 0 aliphatic rings. The van der Waals surface area contributed by atoms with Crippen LogP contribution in [0.25, 0.3) is 10.9 Å². The number of esters is 1. The average molecular weight is 551 g/mol. The molecule has 4 rings (SSSR count). The maximum absolute atomic E-state index is 13.1. The molecule has 1 heterocycles. The van der Waals surface area contributed by atoms with E-state index in [-0.39, 0.29) is 30.9 Å². The predicted octanol–water partition coefficient (Wildman–Crippen LogP) is 4.24. The number of amides is 1. The summed E-state index contributed by atoms with van der Waals surface area (Å²) in [7, 11) is 5.05. The van der Waals surface area contributed by atoms with Gasteiger partial charge < -0.3 is 24.4 Å². The van der Waals surface area contributed by atoms with E-state index in [0.717, 1.165) is 15.8 Å². The van der Waals surface area contributed by atoms with Gasteiger partial charge in [-0.1, -0.05) is 29.8 Å². The van der Waals surface area contributed by atoms with Crippen LogP contribution in [0.3, 0.4) is 0 Å². The molecule has 1 aromatic heterocycles. The van der Waals surface area contributed by atoms with Crippen molar-refractivity contribution in [1.29, 1.82) is 0 Å². The van der Waals surface area contributed by atoms with Gasteiger partial charge in [0.15, 0.2) is 5.75 Å². The molecule has 11 heteroatoms. The summed E-state index contributed by atoms with van der Waals surface area (Å²) in [6.07, 6.45) is 1.25. The number of benzene rings is 3. The van der Waals surface area contributed by atoms with Crippen molar-refractivity contribution in [2.45, 2.75) is 13.2 Å². The van der Waals surface area contributed by atoms with E-state index >= 15 is 0 Å². The summed E-state index contributed by atoms with van der Waals surface area (Å²) in [5.41, 5.74) is 1.93. The van der Waals surface area contributed by atoms with Gasteiger partial charge in [0.25, 0.3) is 5.56 Å². The summed E-state index contributed by atoms with van der Waals surface area (Å²) in [5, 5.41) is 3.61. The Labute approximate surface area is 229 Å². The maximum atomic E-state index is 13.1. The van der Waals surface area contributed by atoms with Crippen LogP contribution >= 0.6 is 11.6 Å². The summed E-state index contributed by atoms with van der Waals surface area (Å²) < 4.78 is 17.5. The largest absolute Gasteiger partial charge is 0.468 e. The molecule has 202 valence electrons.